The lowest BCUT2D eigenvalue weighted by Gasteiger charge is -2.33. The van der Waals surface area contributed by atoms with Crippen molar-refractivity contribution in [1.29, 1.82) is 0 Å². The third kappa shape index (κ3) is 5.40. The first-order valence-electron chi connectivity index (χ1n) is 13.7. The molecular weight excluding hydrogens is 442 g/mol. The van der Waals surface area contributed by atoms with Crippen LogP contribution in [0.5, 0.6) is 11.5 Å². The first-order valence-corrected chi connectivity index (χ1v) is 13.7. The maximum atomic E-state index is 6.33. The highest BCUT2D eigenvalue weighted by atomic mass is 16.5. The fraction of sp³-hybridized carbons (Fsp3) is 0.455. The van der Waals surface area contributed by atoms with Crippen LogP contribution in [0.3, 0.4) is 0 Å². The third-order valence-corrected chi connectivity index (χ3v) is 7.68. The minimum Gasteiger partial charge on any atom is -0.493 e. The number of hydrogen-bond acceptors (Lipinski definition) is 3. The first-order chi connectivity index (χ1) is 17.4. The number of rotatable bonds is 10. The molecule has 1 aliphatic carbocycles. The van der Waals surface area contributed by atoms with Gasteiger partial charge in [-0.05, 0) is 98.1 Å². The number of hydrogen-bond donors (Lipinski definition) is 0. The first kappa shape index (κ1) is 26.1. The van der Waals surface area contributed by atoms with Crippen molar-refractivity contribution in [2.45, 2.75) is 79.2 Å². The van der Waals surface area contributed by atoms with E-state index in [2.05, 4.69) is 88.6 Å². The van der Waals surface area contributed by atoms with Crippen LogP contribution in [0.25, 0.3) is 11.6 Å². The van der Waals surface area contributed by atoms with Crippen molar-refractivity contribution in [2.24, 2.45) is 11.8 Å². The molecule has 3 nitrogen and oxygen atoms in total. The minimum atomic E-state index is 0.302. The van der Waals surface area contributed by atoms with E-state index in [9.17, 15) is 0 Å². The van der Waals surface area contributed by atoms with E-state index in [-0.39, 0.29) is 0 Å². The van der Waals surface area contributed by atoms with Crippen LogP contribution in [-0.2, 0) is 6.42 Å². The number of ether oxygens (including phenoxy) is 2. The molecular formula is C33H43NO2. The number of benzene rings is 2. The SMILES string of the molecule is C=C1c2cc(OC)c(O/C=C3/C=Cc4cc(C)ccc4N3C(C)C)cc2CC1CC(CCC)CCC. The number of methoxy groups -OCH3 is 1. The van der Waals surface area contributed by atoms with E-state index in [4.69, 9.17) is 9.47 Å². The molecule has 0 amide bonds. The van der Waals surface area contributed by atoms with Crippen LogP contribution in [0, 0.1) is 18.8 Å². The van der Waals surface area contributed by atoms with E-state index in [1.807, 2.05) is 6.26 Å². The predicted molar refractivity (Wildman–Crippen MR) is 154 cm³/mol. The van der Waals surface area contributed by atoms with Crippen molar-refractivity contribution in [1.82, 2.24) is 0 Å². The quantitative estimate of drug-likeness (QED) is 0.313. The van der Waals surface area contributed by atoms with E-state index < -0.39 is 0 Å². The van der Waals surface area contributed by atoms with E-state index in [1.54, 1.807) is 7.11 Å². The van der Waals surface area contributed by atoms with Crippen LogP contribution < -0.4 is 14.4 Å². The topological polar surface area (TPSA) is 21.7 Å². The van der Waals surface area contributed by atoms with E-state index in [0.717, 1.165) is 29.5 Å². The predicted octanol–water partition coefficient (Wildman–Crippen LogP) is 8.96. The summed E-state index contributed by atoms with van der Waals surface area (Å²) in [6, 6.07) is 11.2. The maximum absolute atomic E-state index is 6.33. The van der Waals surface area contributed by atoms with Gasteiger partial charge in [0.05, 0.1) is 12.8 Å². The van der Waals surface area contributed by atoms with Crippen LogP contribution >= 0.6 is 0 Å². The van der Waals surface area contributed by atoms with Gasteiger partial charge in [-0.25, -0.2) is 0 Å². The summed E-state index contributed by atoms with van der Waals surface area (Å²) in [5, 5.41) is 0. The molecule has 192 valence electrons. The second-order valence-electron chi connectivity index (χ2n) is 10.8. The Morgan fingerprint density at radius 2 is 1.81 bits per heavy atom. The van der Waals surface area contributed by atoms with Gasteiger partial charge in [0.1, 0.15) is 6.26 Å². The highest BCUT2D eigenvalue weighted by Crippen LogP contribution is 2.45. The summed E-state index contributed by atoms with van der Waals surface area (Å²) in [7, 11) is 1.72. The molecule has 2 aromatic carbocycles. The van der Waals surface area contributed by atoms with Gasteiger partial charge in [0.2, 0.25) is 0 Å². The van der Waals surface area contributed by atoms with Crippen molar-refractivity contribution < 1.29 is 9.47 Å². The van der Waals surface area contributed by atoms with Crippen LogP contribution in [-0.4, -0.2) is 13.2 Å². The average Bonchev–Trinajstić information content (AvgIpc) is 3.15. The smallest absolute Gasteiger partial charge is 0.168 e. The van der Waals surface area contributed by atoms with Crippen LogP contribution in [0.2, 0.25) is 0 Å². The van der Waals surface area contributed by atoms with Gasteiger partial charge in [0.15, 0.2) is 11.5 Å². The zero-order valence-electron chi connectivity index (χ0n) is 23.1. The van der Waals surface area contributed by atoms with E-state index >= 15 is 0 Å². The zero-order chi connectivity index (χ0) is 25.8. The van der Waals surface area contributed by atoms with Gasteiger partial charge in [-0.1, -0.05) is 63.8 Å². The van der Waals surface area contributed by atoms with Crippen molar-refractivity contribution in [3.05, 3.63) is 77.2 Å². The molecule has 2 aromatic rings. The molecule has 0 radical (unpaired) electrons. The molecule has 1 unspecified atom stereocenters. The fourth-order valence-corrected chi connectivity index (χ4v) is 5.97. The molecule has 1 heterocycles. The second-order valence-corrected chi connectivity index (χ2v) is 10.8. The number of aryl methyl sites for hydroxylation is 1. The van der Waals surface area contributed by atoms with Crippen LogP contribution in [0.15, 0.2) is 54.9 Å². The molecule has 3 heteroatoms. The van der Waals surface area contributed by atoms with Crippen LogP contribution in [0.4, 0.5) is 5.69 Å². The molecule has 0 fully saturated rings. The van der Waals surface area contributed by atoms with E-state index in [1.165, 1.54) is 65.6 Å². The summed E-state index contributed by atoms with van der Waals surface area (Å²) in [6.07, 6.45) is 13.6. The van der Waals surface area contributed by atoms with Gasteiger partial charge < -0.3 is 14.4 Å². The Morgan fingerprint density at radius 3 is 2.47 bits per heavy atom. The number of anilines is 1. The monoisotopic (exact) mass is 485 g/mol. The molecule has 1 atom stereocenters. The maximum Gasteiger partial charge on any atom is 0.168 e. The molecule has 0 saturated carbocycles. The Morgan fingerprint density at radius 1 is 1.06 bits per heavy atom. The molecule has 0 bridgehead atoms. The largest absolute Gasteiger partial charge is 0.493 e. The molecule has 0 N–H and O–H groups in total. The highest BCUT2D eigenvalue weighted by molar-refractivity contribution is 5.78. The lowest BCUT2D eigenvalue weighted by Crippen LogP contribution is -2.31. The normalized spacial score (nSPS) is 17.8. The molecule has 4 rings (SSSR count). The number of fused-ring (bicyclic) bond motifs is 2. The Hall–Kier alpha value is -2.94. The molecule has 0 spiro atoms. The lowest BCUT2D eigenvalue weighted by atomic mass is 9.85. The molecule has 0 saturated heterocycles. The summed E-state index contributed by atoms with van der Waals surface area (Å²) in [5.74, 6) is 2.82. The zero-order valence-corrected chi connectivity index (χ0v) is 23.1. The molecule has 36 heavy (non-hydrogen) atoms. The summed E-state index contributed by atoms with van der Waals surface area (Å²) in [5.41, 5.74) is 8.59. The van der Waals surface area contributed by atoms with E-state index in [0.29, 0.717) is 12.0 Å². The molecule has 1 aliphatic heterocycles. The van der Waals surface area contributed by atoms with Crippen molar-refractivity contribution in [3.8, 4) is 11.5 Å². The van der Waals surface area contributed by atoms with Gasteiger partial charge >= 0.3 is 0 Å². The Kier molecular flexibility index (Phi) is 8.28. The van der Waals surface area contributed by atoms with Crippen molar-refractivity contribution in [3.63, 3.8) is 0 Å². The summed E-state index contributed by atoms with van der Waals surface area (Å²) < 4.78 is 12.1. The lowest BCUT2D eigenvalue weighted by molar-refractivity contribution is 0.370. The van der Waals surface area contributed by atoms with Gasteiger partial charge in [-0.3, -0.25) is 0 Å². The minimum absolute atomic E-state index is 0.302. The second kappa shape index (κ2) is 11.4. The molecule has 0 aromatic heterocycles. The fourth-order valence-electron chi connectivity index (χ4n) is 5.97. The van der Waals surface area contributed by atoms with Crippen molar-refractivity contribution >= 4 is 17.3 Å². The van der Waals surface area contributed by atoms with Gasteiger partial charge in [-0.15, -0.1) is 0 Å². The number of allylic oxidation sites excluding steroid dienone is 2. The van der Waals surface area contributed by atoms with Crippen LogP contribution in [0.1, 0.15) is 82.1 Å². The standard InChI is InChI=1S/C33H43NO2/c1-8-10-25(11-9-2)17-27-18-28-19-33(32(35-7)20-30(28)24(27)6)36-21-29-14-13-26-16-23(5)12-15-31(26)34(29)22(3)4/h12-16,19-22,25,27H,6,8-11,17-18H2,1-5,7H3/b29-21-. The summed E-state index contributed by atoms with van der Waals surface area (Å²) in [4.78, 5) is 2.33. The highest BCUT2D eigenvalue weighted by Gasteiger charge is 2.29. The Labute approximate surface area is 218 Å². The Bertz CT molecular complexity index is 1150. The van der Waals surface area contributed by atoms with Gasteiger partial charge in [0, 0.05) is 11.7 Å². The Balaban J connectivity index is 1.58. The summed E-state index contributed by atoms with van der Waals surface area (Å²) >= 11 is 0. The summed E-state index contributed by atoms with van der Waals surface area (Å²) in [6.45, 7) is 15.7. The third-order valence-electron chi connectivity index (χ3n) is 7.68. The van der Waals surface area contributed by atoms with Gasteiger partial charge in [0.25, 0.3) is 0 Å². The number of nitrogens with zero attached hydrogens (tertiary/aromatic N) is 1. The van der Waals surface area contributed by atoms with Gasteiger partial charge in [-0.2, -0.15) is 0 Å². The average molecular weight is 486 g/mol. The molecule has 2 aliphatic rings. The van der Waals surface area contributed by atoms with Crippen molar-refractivity contribution in [2.75, 3.05) is 12.0 Å².